The Hall–Kier alpha value is -2.74. The maximum Gasteiger partial charge on any atom is 0.339 e. The molecule has 9 heteroatoms. The molecule has 0 aliphatic heterocycles. The predicted molar refractivity (Wildman–Crippen MR) is 81.0 cm³/mol. The second-order valence-corrected chi connectivity index (χ2v) is 4.85. The molecular formula is C14H11ClFN3O4. The molecule has 0 fully saturated rings. The van der Waals surface area contributed by atoms with E-state index in [2.05, 4.69) is 15.0 Å². The first kappa shape index (κ1) is 16.6. The molecule has 0 bridgehead atoms. The minimum absolute atomic E-state index is 0.0249. The first-order valence-corrected chi connectivity index (χ1v) is 6.70. The van der Waals surface area contributed by atoms with E-state index in [9.17, 15) is 19.3 Å². The van der Waals surface area contributed by atoms with E-state index < -0.39 is 16.7 Å². The molecule has 0 saturated heterocycles. The van der Waals surface area contributed by atoms with Crippen LogP contribution in [0, 0.1) is 15.9 Å². The van der Waals surface area contributed by atoms with Gasteiger partial charge in [-0.3, -0.25) is 10.1 Å². The fourth-order valence-corrected chi connectivity index (χ4v) is 2.00. The average molecular weight is 340 g/mol. The molecule has 2 aromatic rings. The largest absolute Gasteiger partial charge is 0.465 e. The summed E-state index contributed by atoms with van der Waals surface area (Å²) in [5.41, 5.74) is 0.209. The number of esters is 1. The second-order valence-electron chi connectivity index (χ2n) is 4.44. The van der Waals surface area contributed by atoms with E-state index in [1.807, 2.05) is 0 Å². The molecule has 2 rings (SSSR count). The van der Waals surface area contributed by atoms with E-state index >= 15 is 0 Å². The number of rotatable bonds is 5. The van der Waals surface area contributed by atoms with E-state index in [4.69, 9.17) is 11.6 Å². The normalized spacial score (nSPS) is 10.2. The zero-order valence-corrected chi connectivity index (χ0v) is 12.6. The van der Waals surface area contributed by atoms with Crippen molar-refractivity contribution in [2.45, 2.75) is 6.54 Å². The summed E-state index contributed by atoms with van der Waals surface area (Å²) < 4.78 is 17.6. The zero-order chi connectivity index (χ0) is 17.0. The van der Waals surface area contributed by atoms with Crippen molar-refractivity contribution in [2.75, 3.05) is 12.4 Å². The number of nitro groups is 1. The number of aromatic nitrogens is 1. The van der Waals surface area contributed by atoms with Gasteiger partial charge in [0.05, 0.1) is 22.6 Å². The summed E-state index contributed by atoms with van der Waals surface area (Å²) in [6.45, 7) is 0.144. The molecule has 120 valence electrons. The highest BCUT2D eigenvalue weighted by Gasteiger charge is 2.19. The molecule has 0 atom stereocenters. The van der Waals surface area contributed by atoms with Gasteiger partial charge in [-0.15, -0.1) is 0 Å². The van der Waals surface area contributed by atoms with Crippen molar-refractivity contribution in [1.82, 2.24) is 4.98 Å². The summed E-state index contributed by atoms with van der Waals surface area (Å²) >= 11 is 5.67. The average Bonchev–Trinajstić information content (AvgIpc) is 2.55. The number of hydrogen-bond acceptors (Lipinski definition) is 6. The molecule has 1 heterocycles. The van der Waals surface area contributed by atoms with Crippen molar-refractivity contribution < 1.29 is 18.8 Å². The highest BCUT2D eigenvalue weighted by molar-refractivity contribution is 6.30. The van der Waals surface area contributed by atoms with Gasteiger partial charge in [0, 0.05) is 18.8 Å². The molecular weight excluding hydrogens is 329 g/mol. The van der Waals surface area contributed by atoms with Gasteiger partial charge in [0.2, 0.25) is 5.82 Å². The molecule has 1 N–H and O–H groups in total. The van der Waals surface area contributed by atoms with Gasteiger partial charge in [-0.2, -0.15) is 0 Å². The number of methoxy groups -OCH3 is 1. The summed E-state index contributed by atoms with van der Waals surface area (Å²) in [6, 6.07) is 5.15. The number of carbonyl (C=O) groups excluding carboxylic acids is 1. The molecule has 23 heavy (non-hydrogen) atoms. The van der Waals surface area contributed by atoms with E-state index in [0.29, 0.717) is 5.56 Å². The Morgan fingerprint density at radius 3 is 2.83 bits per heavy atom. The standard InChI is InChI=1S/C14H11ClFN3O4/c1-23-14(20)9-5-12(19(21)22)13(18-7-9)17-6-8-2-3-11(16)10(15)4-8/h2-5,7H,6H2,1H3,(H,17,18). The lowest BCUT2D eigenvalue weighted by atomic mass is 10.2. The first-order chi connectivity index (χ1) is 10.9. The van der Waals surface area contributed by atoms with Gasteiger partial charge in [-0.1, -0.05) is 17.7 Å². The number of pyridine rings is 1. The highest BCUT2D eigenvalue weighted by Crippen LogP contribution is 2.24. The van der Waals surface area contributed by atoms with Gasteiger partial charge in [0.15, 0.2) is 0 Å². The quantitative estimate of drug-likeness (QED) is 0.510. The molecule has 0 aliphatic rings. The highest BCUT2D eigenvalue weighted by atomic mass is 35.5. The number of hydrogen-bond donors (Lipinski definition) is 1. The third kappa shape index (κ3) is 3.92. The number of nitrogens with one attached hydrogen (secondary N) is 1. The van der Waals surface area contributed by atoms with Crippen LogP contribution in [0.5, 0.6) is 0 Å². The van der Waals surface area contributed by atoms with Crippen molar-refractivity contribution >= 4 is 29.1 Å². The summed E-state index contributed by atoms with van der Waals surface area (Å²) in [6.07, 6.45) is 1.17. The molecule has 0 amide bonds. The summed E-state index contributed by atoms with van der Waals surface area (Å²) in [4.78, 5) is 25.7. The van der Waals surface area contributed by atoms with Crippen molar-refractivity contribution in [3.63, 3.8) is 0 Å². The number of carbonyl (C=O) groups is 1. The maximum atomic E-state index is 13.1. The Balaban J connectivity index is 2.23. The van der Waals surface area contributed by atoms with Crippen LogP contribution in [0.2, 0.25) is 5.02 Å². The van der Waals surface area contributed by atoms with Crippen LogP contribution >= 0.6 is 11.6 Å². The number of ether oxygens (including phenoxy) is 1. The van der Waals surface area contributed by atoms with Crippen LogP contribution in [0.4, 0.5) is 15.9 Å². The minimum atomic E-state index is -0.725. The van der Waals surface area contributed by atoms with Crippen molar-refractivity contribution in [1.29, 1.82) is 0 Å². The molecule has 7 nitrogen and oxygen atoms in total. The third-order valence-electron chi connectivity index (χ3n) is 2.93. The molecule has 0 unspecified atom stereocenters. The number of benzene rings is 1. The molecule has 0 radical (unpaired) electrons. The monoisotopic (exact) mass is 339 g/mol. The smallest absolute Gasteiger partial charge is 0.339 e. The Labute approximate surface area is 135 Å². The third-order valence-corrected chi connectivity index (χ3v) is 3.22. The Morgan fingerprint density at radius 2 is 2.22 bits per heavy atom. The van der Waals surface area contributed by atoms with Gasteiger partial charge in [0.1, 0.15) is 5.82 Å². The second kappa shape index (κ2) is 7.01. The Morgan fingerprint density at radius 1 is 1.48 bits per heavy atom. The van der Waals surface area contributed by atoms with E-state index in [-0.39, 0.29) is 28.6 Å². The van der Waals surface area contributed by atoms with E-state index in [1.165, 1.54) is 31.5 Å². The molecule has 0 aliphatic carbocycles. The van der Waals surface area contributed by atoms with E-state index in [0.717, 1.165) is 6.07 Å². The van der Waals surface area contributed by atoms with Crippen LogP contribution in [0.1, 0.15) is 15.9 Å². The van der Waals surface area contributed by atoms with Crippen molar-refractivity contribution in [3.05, 3.63) is 62.5 Å². The number of nitrogens with zero attached hydrogens (tertiary/aromatic N) is 2. The summed E-state index contributed by atoms with van der Waals surface area (Å²) in [5, 5.41) is 13.8. The SMILES string of the molecule is COC(=O)c1cnc(NCc2ccc(F)c(Cl)c2)c([N+](=O)[O-])c1. The number of halogens is 2. The van der Waals surface area contributed by atoms with Crippen LogP contribution in [0.15, 0.2) is 30.5 Å². The zero-order valence-electron chi connectivity index (χ0n) is 11.9. The van der Waals surface area contributed by atoms with Crippen molar-refractivity contribution in [3.8, 4) is 0 Å². The minimum Gasteiger partial charge on any atom is -0.465 e. The lowest BCUT2D eigenvalue weighted by Gasteiger charge is -2.08. The van der Waals surface area contributed by atoms with Gasteiger partial charge < -0.3 is 10.1 Å². The lowest BCUT2D eigenvalue weighted by molar-refractivity contribution is -0.384. The topological polar surface area (TPSA) is 94.4 Å². The van der Waals surface area contributed by atoms with E-state index in [1.54, 1.807) is 0 Å². The fourth-order valence-electron chi connectivity index (χ4n) is 1.79. The van der Waals surface area contributed by atoms with Gasteiger partial charge in [-0.05, 0) is 17.7 Å². The van der Waals surface area contributed by atoms with Crippen LogP contribution < -0.4 is 5.32 Å². The molecule has 0 spiro atoms. The maximum absolute atomic E-state index is 13.1. The lowest BCUT2D eigenvalue weighted by Crippen LogP contribution is -2.08. The van der Waals surface area contributed by atoms with Gasteiger partial charge in [0.25, 0.3) is 0 Å². The molecule has 1 aromatic carbocycles. The van der Waals surface area contributed by atoms with Crippen LogP contribution in [0.3, 0.4) is 0 Å². The number of anilines is 1. The van der Waals surface area contributed by atoms with Gasteiger partial charge >= 0.3 is 11.7 Å². The molecule has 0 saturated carbocycles. The first-order valence-electron chi connectivity index (χ1n) is 6.33. The van der Waals surface area contributed by atoms with Crippen LogP contribution in [-0.4, -0.2) is 23.0 Å². The fraction of sp³-hybridized carbons (Fsp3) is 0.143. The Kier molecular flexibility index (Phi) is 5.07. The van der Waals surface area contributed by atoms with Crippen LogP contribution in [-0.2, 0) is 11.3 Å². The summed E-state index contributed by atoms with van der Waals surface area (Å²) in [7, 11) is 1.17. The summed E-state index contributed by atoms with van der Waals surface area (Å²) in [5.74, 6) is -1.30. The Bertz CT molecular complexity index is 770. The van der Waals surface area contributed by atoms with Crippen LogP contribution in [0.25, 0.3) is 0 Å². The van der Waals surface area contributed by atoms with Crippen molar-refractivity contribution in [2.24, 2.45) is 0 Å². The van der Waals surface area contributed by atoms with Gasteiger partial charge in [-0.25, -0.2) is 14.2 Å². The molecule has 1 aromatic heterocycles. The predicted octanol–water partition coefficient (Wildman–Crippen LogP) is 3.18.